The van der Waals surface area contributed by atoms with E-state index in [1.807, 2.05) is 0 Å². The second-order valence-electron chi connectivity index (χ2n) is 19.7. The predicted molar refractivity (Wildman–Crippen MR) is 245 cm³/mol. The average molecular weight is 1010 g/mol. The number of rotatable bonds is 16. The van der Waals surface area contributed by atoms with E-state index in [9.17, 15) is 45.3 Å². The summed E-state index contributed by atoms with van der Waals surface area (Å²) in [6.45, 7) is 14.3. The lowest BCUT2D eigenvalue weighted by atomic mass is 9.95. The summed E-state index contributed by atoms with van der Waals surface area (Å²) in [5.41, 5.74) is 0. The van der Waals surface area contributed by atoms with Crippen molar-refractivity contribution >= 4 is 11.9 Å². The Morgan fingerprint density at radius 2 is 1.31 bits per heavy atom. The molecule has 0 aromatic carbocycles. The Labute approximate surface area is 412 Å². The lowest BCUT2D eigenvalue weighted by Gasteiger charge is -2.50. The zero-order valence-corrected chi connectivity index (χ0v) is 42.1. The van der Waals surface area contributed by atoms with Gasteiger partial charge in [-0.1, -0.05) is 92.1 Å². The molecule has 0 aliphatic carbocycles. The molecular weight excluding hydrogens is 925 g/mol. The minimum Gasteiger partial charge on any atom is -0.473 e. The van der Waals surface area contributed by atoms with E-state index in [-0.39, 0.29) is 12.5 Å². The van der Waals surface area contributed by atoms with Crippen LogP contribution in [0.3, 0.4) is 0 Å². The molecule has 5 rings (SSSR count). The molecule has 0 radical (unpaired) electrons. The largest absolute Gasteiger partial charge is 0.473 e. The summed E-state index contributed by atoms with van der Waals surface area (Å²) in [7, 11) is 0. The molecule has 7 N–H and O–H groups in total. The second-order valence-corrected chi connectivity index (χ2v) is 19.7. The third kappa shape index (κ3) is 15.7. The van der Waals surface area contributed by atoms with Gasteiger partial charge in [0.1, 0.15) is 61.0 Å². The molecule has 70 heavy (non-hydrogen) atoms. The molecular formula is C49H84O21. The van der Waals surface area contributed by atoms with E-state index in [0.29, 0.717) is 31.4 Å². The van der Waals surface area contributed by atoms with Gasteiger partial charge in [-0.3, -0.25) is 9.59 Å². The molecule has 0 aromatic heterocycles. The van der Waals surface area contributed by atoms with E-state index >= 15 is 0 Å². The Morgan fingerprint density at radius 1 is 0.671 bits per heavy atom. The van der Waals surface area contributed by atoms with Gasteiger partial charge in [-0.05, 0) is 40.0 Å². The number of unbranched alkanes of at least 4 members (excludes halogenated alkanes) is 2. The van der Waals surface area contributed by atoms with Crippen molar-refractivity contribution in [1.29, 1.82) is 0 Å². The van der Waals surface area contributed by atoms with Crippen molar-refractivity contribution in [2.75, 3.05) is 13.4 Å². The van der Waals surface area contributed by atoms with Crippen molar-refractivity contribution in [3.8, 4) is 0 Å². The lowest BCUT2D eigenvalue weighted by molar-refractivity contribution is -0.403. The molecule has 406 valence electrons. The number of aliphatic hydroxyl groups excluding tert-OH is 7. The minimum absolute atomic E-state index is 0.0242. The van der Waals surface area contributed by atoms with Gasteiger partial charge < -0.3 is 92.6 Å². The third-order valence-corrected chi connectivity index (χ3v) is 13.8. The molecule has 5 aliphatic heterocycles. The monoisotopic (exact) mass is 1010 g/mol. The maximum absolute atomic E-state index is 13.8. The molecule has 2 bridgehead atoms. The maximum atomic E-state index is 13.8. The van der Waals surface area contributed by atoms with Crippen molar-refractivity contribution in [1.82, 2.24) is 0 Å². The van der Waals surface area contributed by atoms with Crippen molar-refractivity contribution in [2.45, 2.75) is 267 Å². The van der Waals surface area contributed by atoms with Crippen molar-refractivity contribution in [2.24, 2.45) is 5.92 Å². The maximum Gasteiger partial charge on any atom is 0.308 e. The number of hydrogen-bond donors (Lipinski definition) is 7. The average Bonchev–Trinajstić information content (AvgIpc) is 3.32. The van der Waals surface area contributed by atoms with Gasteiger partial charge in [0.15, 0.2) is 50.3 Å². The molecule has 0 saturated carbocycles. The first-order valence-corrected chi connectivity index (χ1v) is 25.7. The smallest absolute Gasteiger partial charge is 0.308 e. The van der Waals surface area contributed by atoms with E-state index in [1.165, 1.54) is 6.92 Å². The van der Waals surface area contributed by atoms with Crippen LogP contribution in [0.2, 0.25) is 0 Å². The van der Waals surface area contributed by atoms with Gasteiger partial charge >= 0.3 is 11.9 Å². The Hall–Kier alpha value is -2.16. The molecule has 21 atom stereocenters. The number of aliphatic hydroxyl groups is 7. The third-order valence-electron chi connectivity index (χ3n) is 13.8. The van der Waals surface area contributed by atoms with Gasteiger partial charge in [0.05, 0.1) is 42.7 Å². The molecule has 0 aromatic rings. The van der Waals surface area contributed by atoms with E-state index < -0.39 is 154 Å². The van der Waals surface area contributed by atoms with Crippen LogP contribution in [0.1, 0.15) is 138 Å². The van der Waals surface area contributed by atoms with Crippen LogP contribution in [0, 0.1) is 5.92 Å². The standard InChI is InChI=1S/C49H84O21/c1-9-11-17-20-30-21-18-15-13-12-14-16-19-22-32(51)66-40-35(54)31(23-50)65-49(68-41-37(56)34(53)28(7)62-47(41)64-30)44(40)70-48-43(60-24-59-26(5)10-2)42(39(29(8)63-48)67-45(58)25(3)4)69-46-38(57)36(55)33(52)27(6)61-46/h25,27-31,33-44,46-50,52-57H,5,9-24H2,1-4,6-8H3/t27?,28?,29-,30-,31?,33-,34-,35+,36-,37?,38-,39-,40-,41-,42-,43?,44-,46?,47?,48?,49?/m0/s1. The van der Waals surface area contributed by atoms with Crippen LogP contribution in [0.5, 0.6) is 0 Å². The highest BCUT2D eigenvalue weighted by Gasteiger charge is 2.58. The van der Waals surface area contributed by atoms with Crippen molar-refractivity contribution in [3.63, 3.8) is 0 Å². The molecule has 0 amide bonds. The van der Waals surface area contributed by atoms with Gasteiger partial charge in [0.2, 0.25) is 0 Å². The molecule has 5 saturated heterocycles. The highest BCUT2D eigenvalue weighted by Crippen LogP contribution is 2.38. The first-order chi connectivity index (χ1) is 33.4. The number of esters is 2. The Morgan fingerprint density at radius 3 is 1.99 bits per heavy atom. The Kier molecular flexibility index (Phi) is 23.9. The van der Waals surface area contributed by atoms with E-state index in [1.54, 1.807) is 34.6 Å². The van der Waals surface area contributed by atoms with Crippen LogP contribution in [-0.4, -0.2) is 190 Å². The topological polar surface area (TPSA) is 287 Å². The number of ether oxygens (including phenoxy) is 12. The summed E-state index contributed by atoms with van der Waals surface area (Å²) in [5, 5.41) is 78.0. The SMILES string of the molecule is C=C(CC)OCOC1C(O[C@@H]2C3OC(CO)[C@@H](O)[C@@H]2OC(=O)CCCCCCCCC[C@H](CCCCC)OC2OC(C)[C@H](O)C(O)[C@@H]2O3)O[C@@H](C)[C@H](OC(=O)C(C)C)[C@@H]1OC1OC(C)[C@H](O)[C@H](O)[C@@H]1O. The highest BCUT2D eigenvalue weighted by molar-refractivity contribution is 5.71. The zero-order chi connectivity index (χ0) is 51.2. The Balaban J connectivity index is 1.60. The van der Waals surface area contributed by atoms with Crippen LogP contribution < -0.4 is 0 Å². The summed E-state index contributed by atoms with van der Waals surface area (Å²) in [4.78, 5) is 27.1. The van der Waals surface area contributed by atoms with Gasteiger partial charge in [-0.25, -0.2) is 0 Å². The zero-order valence-electron chi connectivity index (χ0n) is 42.1. The fraction of sp³-hybridized carbons (Fsp3) is 0.918. The van der Waals surface area contributed by atoms with E-state index in [0.717, 1.165) is 57.8 Å². The van der Waals surface area contributed by atoms with E-state index in [4.69, 9.17) is 56.8 Å². The molecule has 9 unspecified atom stereocenters. The van der Waals surface area contributed by atoms with Gasteiger partial charge in [0, 0.05) is 12.8 Å². The number of fused-ring (bicyclic) bond motifs is 3. The van der Waals surface area contributed by atoms with Crippen LogP contribution >= 0.6 is 0 Å². The van der Waals surface area contributed by atoms with Crippen LogP contribution in [0.25, 0.3) is 0 Å². The highest BCUT2D eigenvalue weighted by atomic mass is 16.8. The lowest BCUT2D eigenvalue weighted by Crippen LogP contribution is -2.68. The summed E-state index contributed by atoms with van der Waals surface area (Å²) in [5.74, 6) is -1.67. The second kappa shape index (κ2) is 28.5. The molecule has 0 spiro atoms. The summed E-state index contributed by atoms with van der Waals surface area (Å²) < 4.78 is 75.3. The fourth-order valence-corrected chi connectivity index (χ4v) is 9.25. The first-order valence-electron chi connectivity index (χ1n) is 25.7. The van der Waals surface area contributed by atoms with Crippen LogP contribution in [-0.2, 0) is 66.4 Å². The van der Waals surface area contributed by atoms with Crippen LogP contribution in [0.4, 0.5) is 0 Å². The molecule has 5 fully saturated rings. The van der Waals surface area contributed by atoms with Gasteiger partial charge in [-0.2, -0.15) is 0 Å². The molecule has 21 nitrogen and oxygen atoms in total. The van der Waals surface area contributed by atoms with Gasteiger partial charge in [0.25, 0.3) is 0 Å². The number of allylic oxidation sites excluding steroid dienone is 1. The van der Waals surface area contributed by atoms with Crippen molar-refractivity contribution < 1.29 is 102 Å². The summed E-state index contributed by atoms with van der Waals surface area (Å²) >= 11 is 0. The van der Waals surface area contributed by atoms with E-state index in [2.05, 4.69) is 13.5 Å². The summed E-state index contributed by atoms with van der Waals surface area (Å²) in [6, 6.07) is 0. The number of carbonyl (C=O) groups is 2. The molecule has 5 aliphatic rings. The summed E-state index contributed by atoms with van der Waals surface area (Å²) in [6.07, 6.45) is -19.7. The van der Waals surface area contributed by atoms with Crippen LogP contribution in [0.15, 0.2) is 12.3 Å². The van der Waals surface area contributed by atoms with Crippen molar-refractivity contribution in [3.05, 3.63) is 12.3 Å². The van der Waals surface area contributed by atoms with Gasteiger partial charge in [-0.15, -0.1) is 0 Å². The fourth-order valence-electron chi connectivity index (χ4n) is 9.25. The number of hydrogen-bond acceptors (Lipinski definition) is 21. The first kappa shape index (κ1) is 58.7. The molecule has 5 heterocycles. The quantitative estimate of drug-likeness (QED) is 0.0506. The normalized spacial score (nSPS) is 41.8. The number of carbonyl (C=O) groups excluding carboxylic acids is 2. The predicted octanol–water partition coefficient (Wildman–Crippen LogP) is 2.51. The molecule has 21 heteroatoms. The Bertz CT molecular complexity index is 1570. The minimum atomic E-state index is -1.82.